The van der Waals surface area contributed by atoms with Crippen molar-refractivity contribution in [3.63, 3.8) is 0 Å². The van der Waals surface area contributed by atoms with E-state index in [9.17, 15) is 28.8 Å². The van der Waals surface area contributed by atoms with Gasteiger partial charge < -0.3 is 51.8 Å². The summed E-state index contributed by atoms with van der Waals surface area (Å²) in [7, 11) is 1.29. The van der Waals surface area contributed by atoms with Crippen LogP contribution in [0.3, 0.4) is 0 Å². The predicted molar refractivity (Wildman–Crippen MR) is 217 cm³/mol. The zero-order valence-electron chi connectivity index (χ0n) is 32.7. The van der Waals surface area contributed by atoms with Crippen LogP contribution >= 0.6 is 11.6 Å². The Morgan fingerprint density at radius 1 is 1.02 bits per heavy atom. The molecule has 0 bridgehead atoms. The second kappa shape index (κ2) is 21.7. The van der Waals surface area contributed by atoms with E-state index in [0.29, 0.717) is 52.1 Å². The number of halogens is 1. The number of carbonyl (C=O) groups is 5. The van der Waals surface area contributed by atoms with E-state index in [-0.39, 0.29) is 60.8 Å². The van der Waals surface area contributed by atoms with E-state index in [1.165, 1.54) is 25.4 Å². The molecule has 3 heterocycles. The highest BCUT2D eigenvalue weighted by Crippen LogP contribution is 2.41. The number of nitrogen functional groups attached to an aromatic ring is 1. The Labute approximate surface area is 347 Å². The largest absolute Gasteiger partial charge is 0.481 e. The van der Waals surface area contributed by atoms with Gasteiger partial charge in [0.15, 0.2) is 11.2 Å². The van der Waals surface area contributed by atoms with Gasteiger partial charge in [0.1, 0.15) is 6.04 Å². The fourth-order valence-corrected chi connectivity index (χ4v) is 6.12. The number of nitrogens with two attached hydrogens (primary N) is 2. The summed E-state index contributed by atoms with van der Waals surface area (Å²) in [6.07, 6.45) is 0.840. The number of aliphatic carboxylic acids is 2. The van der Waals surface area contributed by atoms with Crippen molar-refractivity contribution in [2.24, 2.45) is 5.73 Å². The number of dihydropyridines is 1. The van der Waals surface area contributed by atoms with Crippen molar-refractivity contribution in [3.8, 4) is 0 Å². The molecule has 0 saturated carbocycles. The molecule has 318 valence electrons. The molecular formula is C39H44ClN9O11. The maximum absolute atomic E-state index is 12.9. The number of H-pyrrole nitrogens is 1. The average Bonchev–Trinajstić information content (AvgIpc) is 3.21. The minimum absolute atomic E-state index is 0.0524. The Balaban J connectivity index is 0.000000267. The third kappa shape index (κ3) is 12.1. The molecule has 2 atom stereocenters. The number of rotatable bonds is 17. The maximum Gasteiger partial charge on any atom is 0.336 e. The van der Waals surface area contributed by atoms with Crippen molar-refractivity contribution in [2.45, 2.75) is 45.2 Å². The number of aromatic amines is 1. The standard InChI is InChI=1S/C20H25ClN2O5.C19H19N7O6/c1-4-28-20(25)18-15(11-27-10-9-22)23-12(2)16(19(24)26-3)17(18)13-7-5-6-8-14(13)21;20-19-25-15-14(17(30)26-19)23-11(8-22-15)7-21-10-3-1-9(2-4-10)16(29)24-12(18(31)32)5-6-13(27)28/h5-8,17,23H,4,9-11,22H2,1-3H3;1-4,8,12,21H,5-7H2,(H,24,29)(H,27,28)(H,31,32)(H3,20,22,25,26,30)/t;12-/m.0/s1. The number of benzene rings is 2. The third-order valence-corrected chi connectivity index (χ3v) is 8.97. The first kappa shape index (κ1) is 45.8. The smallest absolute Gasteiger partial charge is 0.336 e. The molecule has 1 unspecified atom stereocenters. The summed E-state index contributed by atoms with van der Waals surface area (Å²) in [5.74, 6) is -5.02. The van der Waals surface area contributed by atoms with Crippen molar-refractivity contribution in [1.29, 1.82) is 0 Å². The fourth-order valence-electron chi connectivity index (χ4n) is 5.87. The zero-order chi connectivity index (χ0) is 43.9. The first-order valence-electron chi connectivity index (χ1n) is 18.3. The third-order valence-electron chi connectivity index (χ3n) is 8.63. The number of methoxy groups -OCH3 is 1. The molecule has 1 amide bonds. The molecule has 0 fully saturated rings. The lowest BCUT2D eigenvalue weighted by Crippen LogP contribution is -2.41. The van der Waals surface area contributed by atoms with Gasteiger partial charge in [-0.1, -0.05) is 29.8 Å². The van der Waals surface area contributed by atoms with Crippen LogP contribution in [0.4, 0.5) is 11.6 Å². The van der Waals surface area contributed by atoms with Crippen LogP contribution in [0.2, 0.25) is 5.02 Å². The van der Waals surface area contributed by atoms with Gasteiger partial charge in [0.05, 0.1) is 68.1 Å². The number of allylic oxidation sites excluding steroid dienone is 1. The first-order valence-corrected chi connectivity index (χ1v) is 18.7. The molecule has 0 aliphatic carbocycles. The number of carboxylic acids is 2. The predicted octanol–water partition coefficient (Wildman–Crippen LogP) is 2.22. The molecule has 60 heavy (non-hydrogen) atoms. The molecule has 1 aliphatic rings. The summed E-state index contributed by atoms with van der Waals surface area (Å²) in [5.41, 5.74) is 14.2. The number of hydrogen-bond donors (Lipinski definition) is 8. The lowest BCUT2D eigenvalue weighted by molar-refractivity contribution is -0.141. The maximum atomic E-state index is 12.9. The van der Waals surface area contributed by atoms with Crippen molar-refractivity contribution in [3.05, 3.63) is 109 Å². The second-order valence-electron chi connectivity index (χ2n) is 12.8. The number of hydrogen-bond acceptors (Lipinski definition) is 16. The molecule has 2 aromatic heterocycles. The lowest BCUT2D eigenvalue weighted by Gasteiger charge is -2.31. The van der Waals surface area contributed by atoms with Gasteiger partial charge in [-0.2, -0.15) is 4.98 Å². The van der Waals surface area contributed by atoms with Crippen LogP contribution in [0, 0.1) is 0 Å². The van der Waals surface area contributed by atoms with E-state index in [2.05, 4.69) is 35.9 Å². The SMILES string of the molecule is CCOC(=O)C1=C(COCCN)NC(C)=C(C(=O)OC)C1c1ccccc1Cl.Nc1nc2ncc(CNc3ccc(C(=O)N[C@@H](CCC(=O)O)C(=O)O)cc3)nc2c(=O)[nH]1. The van der Waals surface area contributed by atoms with Crippen LogP contribution in [-0.2, 0) is 39.9 Å². The summed E-state index contributed by atoms with van der Waals surface area (Å²) in [5, 5.41) is 26.7. The molecule has 4 aromatic rings. The summed E-state index contributed by atoms with van der Waals surface area (Å²) >= 11 is 6.42. The van der Waals surface area contributed by atoms with Crippen molar-refractivity contribution < 1.29 is 48.4 Å². The monoisotopic (exact) mass is 849 g/mol. The van der Waals surface area contributed by atoms with Gasteiger partial charge in [0.2, 0.25) is 5.95 Å². The van der Waals surface area contributed by atoms with Crippen LogP contribution < -0.4 is 33.0 Å². The zero-order valence-corrected chi connectivity index (χ0v) is 33.5. The van der Waals surface area contributed by atoms with Gasteiger partial charge in [-0.05, 0) is 56.2 Å². The van der Waals surface area contributed by atoms with E-state index in [4.69, 9.17) is 47.5 Å². The molecule has 2 aromatic carbocycles. The van der Waals surface area contributed by atoms with Crippen LogP contribution in [0.5, 0.6) is 0 Å². The Bertz CT molecular complexity index is 2350. The minimum atomic E-state index is -1.31. The number of carboxylic acid groups (broad SMARTS) is 2. The summed E-state index contributed by atoms with van der Waals surface area (Å²) in [6.45, 7) is 4.65. The second-order valence-corrected chi connectivity index (χ2v) is 13.2. The van der Waals surface area contributed by atoms with Gasteiger partial charge in [0.25, 0.3) is 11.5 Å². The molecule has 21 heteroatoms. The number of anilines is 2. The molecule has 0 saturated heterocycles. The molecule has 0 spiro atoms. The fraction of sp³-hybridized carbons (Fsp3) is 0.308. The highest BCUT2D eigenvalue weighted by atomic mass is 35.5. The Morgan fingerprint density at radius 3 is 2.37 bits per heavy atom. The first-order chi connectivity index (χ1) is 28.7. The van der Waals surface area contributed by atoms with Gasteiger partial charge in [-0.25, -0.2) is 24.4 Å². The Morgan fingerprint density at radius 2 is 1.73 bits per heavy atom. The Kier molecular flexibility index (Phi) is 16.6. The van der Waals surface area contributed by atoms with E-state index >= 15 is 0 Å². The molecule has 1 aliphatic heterocycles. The number of carbonyl (C=O) groups excluding carboxylic acids is 3. The summed E-state index contributed by atoms with van der Waals surface area (Å²) < 4.78 is 15.8. The number of fused-ring (bicyclic) bond motifs is 1. The van der Waals surface area contributed by atoms with E-state index in [1.54, 1.807) is 50.2 Å². The number of aromatic nitrogens is 4. The van der Waals surface area contributed by atoms with Crippen LogP contribution in [-0.4, -0.2) is 99.5 Å². The molecule has 0 radical (unpaired) electrons. The quantitative estimate of drug-likeness (QED) is 0.0558. The van der Waals surface area contributed by atoms with Crippen LogP contribution in [0.15, 0.2) is 82.1 Å². The normalized spacial score (nSPS) is 14.0. The van der Waals surface area contributed by atoms with E-state index < -0.39 is 47.3 Å². The highest BCUT2D eigenvalue weighted by Gasteiger charge is 2.39. The highest BCUT2D eigenvalue weighted by molar-refractivity contribution is 6.31. The number of nitrogens with one attached hydrogen (secondary N) is 4. The Hall–Kier alpha value is -6.90. The van der Waals surface area contributed by atoms with Gasteiger partial charge >= 0.3 is 23.9 Å². The number of esters is 2. The van der Waals surface area contributed by atoms with Gasteiger partial charge in [-0.3, -0.25) is 19.4 Å². The molecule has 10 N–H and O–H groups in total. The van der Waals surface area contributed by atoms with Crippen molar-refractivity contribution in [1.82, 2.24) is 30.6 Å². The average molecular weight is 850 g/mol. The van der Waals surface area contributed by atoms with E-state index in [1.807, 2.05) is 0 Å². The van der Waals surface area contributed by atoms with Gasteiger partial charge in [0, 0.05) is 34.9 Å². The van der Waals surface area contributed by atoms with Crippen LogP contribution in [0.25, 0.3) is 11.2 Å². The topological polar surface area (TPSA) is 313 Å². The summed E-state index contributed by atoms with van der Waals surface area (Å²) in [6, 6.07) is 11.9. The van der Waals surface area contributed by atoms with Crippen molar-refractivity contribution in [2.75, 3.05) is 44.5 Å². The molecule has 5 rings (SSSR count). The van der Waals surface area contributed by atoms with E-state index in [0.717, 1.165) is 0 Å². The number of nitrogens with zero attached hydrogens (tertiary/aromatic N) is 3. The van der Waals surface area contributed by atoms with Crippen LogP contribution in [0.1, 0.15) is 54.2 Å². The lowest BCUT2D eigenvalue weighted by atomic mass is 9.80. The molecular weight excluding hydrogens is 806 g/mol. The van der Waals surface area contributed by atoms with Crippen molar-refractivity contribution >= 4 is 64.2 Å². The summed E-state index contributed by atoms with van der Waals surface area (Å²) in [4.78, 5) is 86.0. The number of amides is 1. The minimum Gasteiger partial charge on any atom is -0.481 e. The number of ether oxygens (including phenoxy) is 3. The molecule has 20 nitrogen and oxygen atoms in total. The van der Waals surface area contributed by atoms with Gasteiger partial charge in [-0.15, -0.1) is 0 Å².